The monoisotopic (exact) mass is 242 g/mol. The van der Waals surface area contributed by atoms with Crippen molar-refractivity contribution >= 4 is 5.96 Å². The van der Waals surface area contributed by atoms with Crippen molar-refractivity contribution in [2.45, 2.75) is 0 Å². The molecule has 0 saturated carbocycles. The summed E-state index contributed by atoms with van der Waals surface area (Å²) in [4.78, 5) is 8.36. The van der Waals surface area contributed by atoms with Crippen molar-refractivity contribution in [2.24, 2.45) is 28.4 Å². The topological polar surface area (TPSA) is 200 Å². The number of rotatable bonds is 0. The second kappa shape index (κ2) is 13.1. The standard InChI is InChI=1S/CH8N6.Co.HNO3.O/c2-1(6-3)7(4)5;;2-1(3)4;/h3-5H2,(H2,2,6);;(H,2,3,4);. The number of hydrazone groups is 1. The van der Waals surface area contributed by atoms with Crippen LogP contribution in [0.15, 0.2) is 5.10 Å². The van der Waals surface area contributed by atoms with Gasteiger partial charge in [0.2, 0.25) is 5.96 Å². The summed E-state index contributed by atoms with van der Waals surface area (Å²) in [6.45, 7) is 0. The van der Waals surface area contributed by atoms with Crippen molar-refractivity contribution in [2.75, 3.05) is 0 Å². The van der Waals surface area contributed by atoms with Crippen LogP contribution in [0.1, 0.15) is 0 Å². The van der Waals surface area contributed by atoms with Crippen LogP contribution in [0, 0.1) is 10.1 Å². The van der Waals surface area contributed by atoms with Gasteiger partial charge >= 0.3 is 19.5 Å². The van der Waals surface area contributed by atoms with Gasteiger partial charge in [-0.1, -0.05) is 0 Å². The first-order chi connectivity index (χ1) is 5.91. The number of hydrogen-bond acceptors (Lipinski definition) is 7. The summed E-state index contributed by atoms with van der Waals surface area (Å²) in [5.74, 6) is 14.2. The Kier molecular flexibility index (Phi) is 17.7. The van der Waals surface area contributed by atoms with E-state index in [1.807, 2.05) is 0 Å². The van der Waals surface area contributed by atoms with Crippen LogP contribution in [-0.4, -0.2) is 21.4 Å². The summed E-state index contributed by atoms with van der Waals surface area (Å²) >= 11 is 2.31. The fourth-order valence-electron chi connectivity index (χ4n) is 0.0667. The van der Waals surface area contributed by atoms with Gasteiger partial charge in [-0.25, -0.2) is 16.8 Å². The van der Waals surface area contributed by atoms with Crippen LogP contribution in [0.5, 0.6) is 0 Å². The molecule has 81 valence electrons. The fraction of sp³-hybridized carbons (Fsp3) is 0. The van der Waals surface area contributed by atoms with E-state index >= 15 is 0 Å². The number of guanidine groups is 1. The molecule has 0 radical (unpaired) electrons. The Morgan fingerprint density at radius 2 is 1.77 bits per heavy atom. The SMILES string of the molecule is NN=C(N)N(N)N.O=[N+]([O-])O.[O]=[Co]. The van der Waals surface area contributed by atoms with Crippen molar-refractivity contribution < 1.29 is 29.8 Å². The zero-order valence-corrected chi connectivity index (χ0v) is 7.20. The predicted molar refractivity (Wildman–Crippen MR) is 35.5 cm³/mol. The number of hydrazine groups is 2. The second-order valence-corrected chi connectivity index (χ2v) is 1.13. The van der Waals surface area contributed by atoms with Gasteiger partial charge in [0.15, 0.2) is 0 Å². The molecular formula is CH9CoN7O4. The van der Waals surface area contributed by atoms with E-state index in [2.05, 4.69) is 26.6 Å². The second-order valence-electron chi connectivity index (χ2n) is 1.13. The van der Waals surface area contributed by atoms with Crippen LogP contribution in [-0.2, 0) is 19.5 Å². The summed E-state index contributed by atoms with van der Waals surface area (Å²) in [6.07, 6.45) is 0. The minimum absolute atomic E-state index is 0.111. The van der Waals surface area contributed by atoms with Gasteiger partial charge in [0.05, 0.1) is 0 Å². The van der Waals surface area contributed by atoms with Crippen molar-refractivity contribution in [3.63, 3.8) is 0 Å². The van der Waals surface area contributed by atoms with E-state index in [9.17, 15) is 0 Å². The maximum atomic E-state index is 8.36. The third-order valence-electron chi connectivity index (χ3n) is 0.397. The maximum absolute atomic E-state index is 8.36. The molecule has 0 aliphatic rings. The summed E-state index contributed by atoms with van der Waals surface area (Å²) in [7, 11) is 0. The third-order valence-corrected chi connectivity index (χ3v) is 0.397. The van der Waals surface area contributed by atoms with Crippen LogP contribution in [0.4, 0.5) is 0 Å². The first-order valence-electron chi connectivity index (χ1n) is 2.21. The average molecular weight is 242 g/mol. The fourth-order valence-corrected chi connectivity index (χ4v) is 0.0667. The van der Waals surface area contributed by atoms with Gasteiger partial charge in [0, 0.05) is 0 Å². The summed E-state index contributed by atoms with van der Waals surface area (Å²) in [5.41, 5.74) is 4.92. The van der Waals surface area contributed by atoms with E-state index in [1.54, 1.807) is 0 Å². The molecule has 0 unspecified atom stereocenters. The zero-order valence-electron chi connectivity index (χ0n) is 6.16. The van der Waals surface area contributed by atoms with Gasteiger partial charge in [0.1, 0.15) is 0 Å². The quantitative estimate of drug-likeness (QED) is 0.0950. The molecule has 0 rings (SSSR count). The average Bonchev–Trinajstić information content (AvgIpc) is 2.05. The summed E-state index contributed by atoms with van der Waals surface area (Å²) < 4.78 is 7.94. The van der Waals surface area contributed by atoms with Crippen molar-refractivity contribution in [1.29, 1.82) is 0 Å². The van der Waals surface area contributed by atoms with Crippen LogP contribution < -0.4 is 23.3 Å². The molecule has 0 bridgehead atoms. The van der Waals surface area contributed by atoms with E-state index in [4.69, 9.17) is 36.6 Å². The normalized spacial score (nSPS) is 8.38. The van der Waals surface area contributed by atoms with Gasteiger partial charge < -0.3 is 16.8 Å². The molecule has 0 spiro atoms. The molecule has 0 aromatic heterocycles. The Balaban J connectivity index is -0.000000142. The van der Waals surface area contributed by atoms with E-state index in [-0.39, 0.29) is 5.96 Å². The van der Waals surface area contributed by atoms with Crippen molar-refractivity contribution in [3.8, 4) is 0 Å². The molecule has 0 heterocycles. The molecule has 11 nitrogen and oxygen atoms in total. The van der Waals surface area contributed by atoms with Crippen LogP contribution in [0.3, 0.4) is 0 Å². The van der Waals surface area contributed by atoms with Gasteiger partial charge in [-0.3, -0.25) is 0 Å². The van der Waals surface area contributed by atoms with Gasteiger partial charge in [-0.2, -0.15) is 0 Å². The van der Waals surface area contributed by atoms with E-state index in [0.29, 0.717) is 5.12 Å². The van der Waals surface area contributed by atoms with Gasteiger partial charge in [0.25, 0.3) is 5.09 Å². The van der Waals surface area contributed by atoms with Crippen LogP contribution in [0.25, 0.3) is 0 Å². The molecule has 0 amide bonds. The Bertz CT molecular complexity index is 155. The molecule has 0 aromatic carbocycles. The first kappa shape index (κ1) is 17.5. The zero-order chi connectivity index (χ0) is 11.4. The Hall–Kier alpha value is -1.50. The third kappa shape index (κ3) is 37.5. The molecule has 0 saturated heterocycles. The van der Waals surface area contributed by atoms with E-state index in [1.165, 1.54) is 0 Å². The molecule has 0 aliphatic carbocycles. The van der Waals surface area contributed by atoms with E-state index < -0.39 is 5.09 Å². The Morgan fingerprint density at radius 3 is 1.77 bits per heavy atom. The van der Waals surface area contributed by atoms with Gasteiger partial charge in [-0.05, 0) is 0 Å². The van der Waals surface area contributed by atoms with E-state index in [0.717, 1.165) is 0 Å². The molecule has 12 heteroatoms. The Labute approximate surface area is 80.2 Å². The molecule has 9 N–H and O–H groups in total. The summed E-state index contributed by atoms with van der Waals surface area (Å²) in [6, 6.07) is 0. The Morgan fingerprint density at radius 1 is 1.54 bits per heavy atom. The first-order valence-corrected chi connectivity index (χ1v) is 2.64. The minimum atomic E-state index is -1.50. The van der Waals surface area contributed by atoms with Gasteiger partial charge in [-0.15, -0.1) is 15.2 Å². The number of hydrogen-bond donors (Lipinski definition) is 5. The van der Waals surface area contributed by atoms with Crippen LogP contribution >= 0.6 is 0 Å². The number of nitrogens with zero attached hydrogens (tertiary/aromatic N) is 3. The molecular weight excluding hydrogens is 233 g/mol. The molecule has 13 heavy (non-hydrogen) atoms. The summed E-state index contributed by atoms with van der Waals surface area (Å²) in [5, 5.41) is 17.2. The van der Waals surface area contributed by atoms with Crippen LogP contribution in [0.2, 0.25) is 0 Å². The predicted octanol–water partition coefficient (Wildman–Crippen LogP) is -3.24. The molecule has 0 aromatic rings. The molecule has 0 fully saturated rings. The number of nitrogens with two attached hydrogens (primary N) is 4. The van der Waals surface area contributed by atoms with Crippen molar-refractivity contribution in [3.05, 3.63) is 10.1 Å². The van der Waals surface area contributed by atoms with Crippen molar-refractivity contribution in [1.82, 2.24) is 5.12 Å². The molecule has 0 aliphatic heterocycles. The molecule has 0 atom stereocenters.